The molecule has 0 bridgehead atoms. The number of rotatable bonds is 9. The molecule has 0 aliphatic heterocycles. The van der Waals surface area contributed by atoms with Crippen LogP contribution in [0.5, 0.6) is 0 Å². The van der Waals surface area contributed by atoms with Gasteiger partial charge in [-0.25, -0.2) is 0 Å². The van der Waals surface area contributed by atoms with Crippen molar-refractivity contribution in [3.05, 3.63) is 11.9 Å². The average Bonchev–Trinajstić information content (AvgIpc) is 2.77. The Labute approximate surface area is 109 Å². The highest BCUT2D eigenvalue weighted by Crippen LogP contribution is 2.16. The van der Waals surface area contributed by atoms with Crippen molar-refractivity contribution in [1.82, 2.24) is 15.0 Å². The second-order valence-corrected chi connectivity index (χ2v) is 4.69. The van der Waals surface area contributed by atoms with Gasteiger partial charge in [0.2, 0.25) is 6.29 Å². The van der Waals surface area contributed by atoms with Crippen molar-refractivity contribution in [2.24, 2.45) is 5.92 Å². The molecule has 0 aliphatic carbocycles. The maximum absolute atomic E-state index is 5.49. The predicted octanol–water partition coefficient (Wildman–Crippen LogP) is 2.79. The van der Waals surface area contributed by atoms with Crippen molar-refractivity contribution < 1.29 is 9.47 Å². The van der Waals surface area contributed by atoms with Gasteiger partial charge in [0, 0.05) is 19.8 Å². The molecule has 0 unspecified atom stereocenters. The van der Waals surface area contributed by atoms with E-state index in [4.69, 9.17) is 9.47 Å². The highest BCUT2D eigenvalue weighted by atomic mass is 16.7. The molecule has 0 atom stereocenters. The zero-order chi connectivity index (χ0) is 13.4. The lowest BCUT2D eigenvalue weighted by Gasteiger charge is -2.13. The van der Waals surface area contributed by atoms with Crippen molar-refractivity contribution in [3.8, 4) is 0 Å². The lowest BCUT2D eigenvalue weighted by atomic mass is 10.1. The molecular weight excluding hydrogens is 230 g/mol. The van der Waals surface area contributed by atoms with Gasteiger partial charge in [0.1, 0.15) is 5.69 Å². The molecule has 18 heavy (non-hydrogen) atoms. The van der Waals surface area contributed by atoms with E-state index in [2.05, 4.69) is 24.2 Å². The van der Waals surface area contributed by atoms with E-state index in [0.717, 1.165) is 24.6 Å². The molecule has 104 valence electrons. The summed E-state index contributed by atoms with van der Waals surface area (Å²) in [7, 11) is 0. The summed E-state index contributed by atoms with van der Waals surface area (Å²) in [4.78, 5) is 0. The average molecular weight is 255 g/mol. The van der Waals surface area contributed by atoms with E-state index in [0.29, 0.717) is 13.2 Å². The lowest BCUT2D eigenvalue weighted by Crippen LogP contribution is -2.09. The quantitative estimate of drug-likeness (QED) is 0.637. The molecule has 0 radical (unpaired) electrons. The number of nitrogens with zero attached hydrogens (tertiary/aromatic N) is 3. The largest absolute Gasteiger partial charge is 0.347 e. The van der Waals surface area contributed by atoms with Crippen LogP contribution in [-0.2, 0) is 16.0 Å². The van der Waals surface area contributed by atoms with Crippen molar-refractivity contribution >= 4 is 0 Å². The Hall–Kier alpha value is -0.940. The Morgan fingerprint density at radius 2 is 1.89 bits per heavy atom. The van der Waals surface area contributed by atoms with E-state index in [-0.39, 0.29) is 6.29 Å². The lowest BCUT2D eigenvalue weighted by molar-refractivity contribution is -0.142. The number of aromatic nitrogens is 3. The molecule has 0 fully saturated rings. The zero-order valence-corrected chi connectivity index (χ0v) is 11.9. The third-order valence-corrected chi connectivity index (χ3v) is 2.60. The van der Waals surface area contributed by atoms with Gasteiger partial charge in [-0.05, 0) is 32.6 Å². The zero-order valence-electron chi connectivity index (χ0n) is 11.9. The van der Waals surface area contributed by atoms with Crippen LogP contribution in [0.25, 0.3) is 0 Å². The highest BCUT2D eigenvalue weighted by Gasteiger charge is 2.15. The maximum atomic E-state index is 5.49. The van der Waals surface area contributed by atoms with Gasteiger partial charge in [0.05, 0.1) is 6.20 Å². The molecule has 1 heterocycles. The Balaban J connectivity index is 2.49. The minimum atomic E-state index is -0.390. The van der Waals surface area contributed by atoms with Crippen molar-refractivity contribution in [2.45, 2.75) is 53.4 Å². The first-order valence-corrected chi connectivity index (χ1v) is 6.80. The molecule has 0 N–H and O–H groups in total. The molecule has 0 saturated heterocycles. The number of hydrogen-bond donors (Lipinski definition) is 0. The number of ether oxygens (including phenoxy) is 2. The van der Waals surface area contributed by atoms with Crippen LogP contribution in [0.3, 0.4) is 0 Å². The van der Waals surface area contributed by atoms with Crippen LogP contribution in [0.1, 0.15) is 52.5 Å². The fourth-order valence-electron chi connectivity index (χ4n) is 1.71. The molecule has 1 aromatic heterocycles. The van der Waals surface area contributed by atoms with E-state index in [1.807, 2.05) is 24.7 Å². The number of hydrogen-bond acceptors (Lipinski definition) is 4. The summed E-state index contributed by atoms with van der Waals surface area (Å²) in [6.45, 7) is 10.4. The molecule has 0 aromatic carbocycles. The summed E-state index contributed by atoms with van der Waals surface area (Å²) < 4.78 is 12.8. The monoisotopic (exact) mass is 255 g/mol. The molecule has 1 aromatic rings. The summed E-state index contributed by atoms with van der Waals surface area (Å²) in [5.74, 6) is 0.729. The van der Waals surface area contributed by atoms with Crippen molar-refractivity contribution in [3.63, 3.8) is 0 Å². The first kappa shape index (κ1) is 15.1. The maximum Gasteiger partial charge on any atom is 0.204 e. The fourth-order valence-corrected chi connectivity index (χ4v) is 1.71. The van der Waals surface area contributed by atoms with Crippen molar-refractivity contribution in [2.75, 3.05) is 13.2 Å². The Morgan fingerprint density at radius 3 is 2.44 bits per heavy atom. The van der Waals surface area contributed by atoms with Gasteiger partial charge in [0.15, 0.2) is 0 Å². The first-order valence-electron chi connectivity index (χ1n) is 6.80. The second-order valence-electron chi connectivity index (χ2n) is 4.69. The van der Waals surface area contributed by atoms with Crippen LogP contribution in [-0.4, -0.2) is 28.2 Å². The Bertz CT molecular complexity index is 320. The van der Waals surface area contributed by atoms with Crippen LogP contribution in [0.2, 0.25) is 0 Å². The molecule has 0 spiro atoms. The summed E-state index contributed by atoms with van der Waals surface area (Å²) in [5.41, 5.74) is 0.753. The van der Waals surface area contributed by atoms with Crippen LogP contribution in [0.4, 0.5) is 0 Å². The van der Waals surface area contributed by atoms with Crippen molar-refractivity contribution in [1.29, 1.82) is 0 Å². The SMILES string of the molecule is CCOC(OCC)c1cn(CCCC(C)C)nn1. The molecule has 0 saturated carbocycles. The third-order valence-electron chi connectivity index (χ3n) is 2.60. The van der Waals surface area contributed by atoms with E-state index in [1.165, 1.54) is 6.42 Å². The Morgan fingerprint density at radius 1 is 1.22 bits per heavy atom. The molecular formula is C13H25N3O2. The number of aryl methyl sites for hydroxylation is 1. The third kappa shape index (κ3) is 5.14. The molecule has 0 amide bonds. The minimum absolute atomic E-state index is 0.390. The summed E-state index contributed by atoms with van der Waals surface area (Å²) in [6.07, 6.45) is 3.85. The van der Waals surface area contributed by atoms with E-state index >= 15 is 0 Å². The van der Waals surface area contributed by atoms with Gasteiger partial charge < -0.3 is 9.47 Å². The van der Waals surface area contributed by atoms with E-state index in [9.17, 15) is 0 Å². The van der Waals surface area contributed by atoms with Gasteiger partial charge in [0.25, 0.3) is 0 Å². The van der Waals surface area contributed by atoms with Gasteiger partial charge in [-0.2, -0.15) is 0 Å². The summed E-state index contributed by atoms with van der Waals surface area (Å²) in [5, 5.41) is 8.22. The van der Waals surface area contributed by atoms with Crippen LogP contribution in [0, 0.1) is 5.92 Å². The predicted molar refractivity (Wildman–Crippen MR) is 70.1 cm³/mol. The topological polar surface area (TPSA) is 49.2 Å². The Kier molecular flexibility index (Phi) is 6.90. The highest BCUT2D eigenvalue weighted by molar-refractivity contribution is 4.94. The van der Waals surface area contributed by atoms with Crippen LogP contribution >= 0.6 is 0 Å². The van der Waals surface area contributed by atoms with Gasteiger partial charge in [-0.3, -0.25) is 4.68 Å². The smallest absolute Gasteiger partial charge is 0.204 e. The molecule has 5 heteroatoms. The first-order chi connectivity index (χ1) is 8.67. The van der Waals surface area contributed by atoms with E-state index < -0.39 is 0 Å². The minimum Gasteiger partial charge on any atom is -0.347 e. The van der Waals surface area contributed by atoms with Gasteiger partial charge >= 0.3 is 0 Å². The van der Waals surface area contributed by atoms with E-state index in [1.54, 1.807) is 0 Å². The summed E-state index contributed by atoms with van der Waals surface area (Å²) in [6, 6.07) is 0. The second kappa shape index (κ2) is 8.21. The normalized spacial score (nSPS) is 11.7. The fraction of sp³-hybridized carbons (Fsp3) is 0.846. The standard InChI is InChI=1S/C13H25N3O2/c1-5-17-13(18-6-2)12-10-16(15-14-12)9-7-8-11(3)4/h10-11,13H,5-9H2,1-4H3. The van der Waals surface area contributed by atoms with Gasteiger partial charge in [-0.1, -0.05) is 19.1 Å². The van der Waals surface area contributed by atoms with Gasteiger partial charge in [-0.15, -0.1) is 5.10 Å². The molecule has 5 nitrogen and oxygen atoms in total. The summed E-state index contributed by atoms with van der Waals surface area (Å²) >= 11 is 0. The molecule has 1 rings (SSSR count). The van der Waals surface area contributed by atoms with Crippen LogP contribution < -0.4 is 0 Å². The molecule has 0 aliphatic rings. The van der Waals surface area contributed by atoms with Crippen LogP contribution in [0.15, 0.2) is 6.20 Å².